The van der Waals surface area contributed by atoms with Gasteiger partial charge in [-0.05, 0) is 36.6 Å². The largest absolute Gasteiger partial charge is 0.465 e. The van der Waals surface area contributed by atoms with E-state index in [1.54, 1.807) is 36.6 Å². The number of ether oxygens (including phenoxy) is 1. The zero-order valence-electron chi connectivity index (χ0n) is 13.0. The van der Waals surface area contributed by atoms with Crippen molar-refractivity contribution in [3.63, 3.8) is 0 Å². The molecule has 0 spiro atoms. The van der Waals surface area contributed by atoms with Gasteiger partial charge in [-0.2, -0.15) is 8.42 Å². The van der Waals surface area contributed by atoms with E-state index < -0.39 is 16.0 Å². The number of carbonyl (C=O) groups excluding carboxylic acids is 1. The van der Waals surface area contributed by atoms with Crippen LogP contribution < -0.4 is 4.80 Å². The zero-order valence-corrected chi connectivity index (χ0v) is 16.2. The quantitative estimate of drug-likeness (QED) is 0.598. The lowest BCUT2D eigenvalue weighted by Crippen LogP contribution is -2.23. The van der Waals surface area contributed by atoms with E-state index >= 15 is 0 Å². The first-order chi connectivity index (χ1) is 11.9. The second kappa shape index (κ2) is 7.28. The molecule has 10 heteroatoms. The van der Waals surface area contributed by atoms with Gasteiger partial charge in [0.05, 0.1) is 16.8 Å². The molecule has 2 aromatic heterocycles. The molecule has 6 nitrogen and oxygen atoms in total. The summed E-state index contributed by atoms with van der Waals surface area (Å²) in [7, 11) is -3.85. The van der Waals surface area contributed by atoms with Gasteiger partial charge < -0.3 is 9.30 Å². The SMILES string of the molecule is CCOC(=O)Cn1c(=NS(=O)(=O)c2cccs2)sc2cc(Cl)ccc21. The van der Waals surface area contributed by atoms with Gasteiger partial charge in [0.15, 0.2) is 0 Å². The van der Waals surface area contributed by atoms with Crippen molar-refractivity contribution in [3.05, 3.63) is 45.5 Å². The van der Waals surface area contributed by atoms with Crippen molar-refractivity contribution < 1.29 is 17.9 Å². The number of carbonyl (C=O) groups is 1. The highest BCUT2D eigenvalue weighted by molar-refractivity contribution is 7.92. The summed E-state index contributed by atoms with van der Waals surface area (Å²) in [5.41, 5.74) is 0.669. The Balaban J connectivity index is 2.19. The van der Waals surface area contributed by atoms with E-state index in [-0.39, 0.29) is 22.2 Å². The summed E-state index contributed by atoms with van der Waals surface area (Å²) in [6.07, 6.45) is 0. The number of thiophene rings is 1. The topological polar surface area (TPSA) is 77.7 Å². The first-order valence-electron chi connectivity index (χ1n) is 7.20. The van der Waals surface area contributed by atoms with Crippen LogP contribution >= 0.6 is 34.3 Å². The fraction of sp³-hybridized carbons (Fsp3) is 0.200. The lowest BCUT2D eigenvalue weighted by Gasteiger charge is -2.05. The van der Waals surface area contributed by atoms with Gasteiger partial charge in [0, 0.05) is 5.02 Å². The number of rotatable bonds is 5. The highest BCUT2D eigenvalue weighted by Crippen LogP contribution is 2.23. The van der Waals surface area contributed by atoms with Gasteiger partial charge in [0.1, 0.15) is 10.8 Å². The van der Waals surface area contributed by atoms with E-state index in [1.165, 1.54) is 10.6 Å². The maximum absolute atomic E-state index is 12.5. The van der Waals surface area contributed by atoms with Crippen LogP contribution in [0.5, 0.6) is 0 Å². The zero-order chi connectivity index (χ0) is 18.0. The fourth-order valence-electron chi connectivity index (χ4n) is 2.16. The van der Waals surface area contributed by atoms with E-state index in [1.807, 2.05) is 0 Å². The van der Waals surface area contributed by atoms with E-state index in [2.05, 4.69) is 4.40 Å². The molecular weight excluding hydrogens is 404 g/mol. The number of hydrogen-bond acceptors (Lipinski definition) is 6. The average molecular weight is 417 g/mol. The van der Waals surface area contributed by atoms with Crippen LogP contribution in [0, 0.1) is 0 Å². The number of fused-ring (bicyclic) bond motifs is 1. The van der Waals surface area contributed by atoms with E-state index in [0.29, 0.717) is 10.5 Å². The summed E-state index contributed by atoms with van der Waals surface area (Å²) in [4.78, 5) is 12.1. The second-order valence-electron chi connectivity index (χ2n) is 4.89. The molecule has 0 aliphatic heterocycles. The minimum atomic E-state index is -3.85. The monoisotopic (exact) mass is 416 g/mol. The number of thiazole rings is 1. The molecule has 3 aromatic rings. The normalized spacial score (nSPS) is 12.6. The number of benzene rings is 1. The number of aromatic nitrogens is 1. The molecule has 0 saturated carbocycles. The average Bonchev–Trinajstić information content (AvgIpc) is 3.17. The van der Waals surface area contributed by atoms with Gasteiger partial charge >= 0.3 is 5.97 Å². The van der Waals surface area contributed by atoms with Crippen LogP contribution in [0.2, 0.25) is 5.02 Å². The van der Waals surface area contributed by atoms with Crippen molar-refractivity contribution >= 4 is 60.5 Å². The Morgan fingerprint density at radius 3 is 2.84 bits per heavy atom. The fourth-order valence-corrected chi connectivity index (χ4v) is 5.64. The molecule has 0 saturated heterocycles. The molecule has 0 bridgehead atoms. The van der Waals surface area contributed by atoms with Crippen LogP contribution in [0.25, 0.3) is 10.2 Å². The Labute approximate surface area is 157 Å². The Morgan fingerprint density at radius 2 is 2.16 bits per heavy atom. The highest BCUT2D eigenvalue weighted by atomic mass is 35.5. The third-order valence-electron chi connectivity index (χ3n) is 3.18. The summed E-state index contributed by atoms with van der Waals surface area (Å²) in [6, 6.07) is 8.24. The molecule has 0 aliphatic rings. The van der Waals surface area contributed by atoms with Crippen molar-refractivity contribution in [1.29, 1.82) is 0 Å². The van der Waals surface area contributed by atoms with Crippen molar-refractivity contribution in [1.82, 2.24) is 4.57 Å². The summed E-state index contributed by atoms with van der Waals surface area (Å²) in [5, 5.41) is 2.18. The highest BCUT2D eigenvalue weighted by Gasteiger charge is 2.17. The summed E-state index contributed by atoms with van der Waals surface area (Å²) < 4.78 is 36.2. The molecule has 0 amide bonds. The molecule has 0 N–H and O–H groups in total. The molecule has 0 unspecified atom stereocenters. The van der Waals surface area contributed by atoms with Gasteiger partial charge in [-0.1, -0.05) is 29.0 Å². The van der Waals surface area contributed by atoms with Crippen molar-refractivity contribution in [3.8, 4) is 0 Å². The van der Waals surface area contributed by atoms with Crippen molar-refractivity contribution in [2.75, 3.05) is 6.61 Å². The van der Waals surface area contributed by atoms with Crippen molar-refractivity contribution in [2.24, 2.45) is 4.40 Å². The molecule has 0 fully saturated rings. The molecule has 3 rings (SSSR count). The van der Waals surface area contributed by atoms with Gasteiger partial charge in [0.25, 0.3) is 10.0 Å². The summed E-state index contributed by atoms with van der Waals surface area (Å²) in [5.74, 6) is -0.466. The third-order valence-corrected chi connectivity index (χ3v) is 7.22. The summed E-state index contributed by atoms with van der Waals surface area (Å²) >= 11 is 8.25. The van der Waals surface area contributed by atoms with E-state index in [4.69, 9.17) is 16.3 Å². The van der Waals surface area contributed by atoms with E-state index in [9.17, 15) is 13.2 Å². The maximum Gasteiger partial charge on any atom is 0.326 e. The van der Waals surface area contributed by atoms with Crippen LogP contribution in [-0.2, 0) is 26.1 Å². The smallest absolute Gasteiger partial charge is 0.326 e. The predicted octanol–water partition coefficient (Wildman–Crippen LogP) is 3.27. The Kier molecular flexibility index (Phi) is 5.28. The third kappa shape index (κ3) is 3.95. The Morgan fingerprint density at radius 1 is 1.36 bits per heavy atom. The number of nitrogens with zero attached hydrogens (tertiary/aromatic N) is 2. The Hall–Kier alpha value is -1.68. The number of esters is 1. The van der Waals surface area contributed by atoms with Gasteiger partial charge in [0.2, 0.25) is 4.80 Å². The second-order valence-corrected chi connectivity index (χ2v) is 9.11. The van der Waals surface area contributed by atoms with Crippen molar-refractivity contribution in [2.45, 2.75) is 17.7 Å². The summed E-state index contributed by atoms with van der Waals surface area (Å²) in [6.45, 7) is 1.82. The Bertz CT molecular complexity index is 1080. The molecule has 132 valence electrons. The van der Waals surface area contributed by atoms with Crippen LogP contribution in [0.4, 0.5) is 0 Å². The molecule has 1 aromatic carbocycles. The minimum absolute atomic E-state index is 0.131. The molecule has 25 heavy (non-hydrogen) atoms. The van der Waals surface area contributed by atoms with Crippen LogP contribution in [-0.4, -0.2) is 25.6 Å². The molecule has 0 atom stereocenters. The van der Waals surface area contributed by atoms with Crippen LogP contribution in [0.3, 0.4) is 0 Å². The molecule has 0 aliphatic carbocycles. The van der Waals surface area contributed by atoms with Gasteiger partial charge in [-0.25, -0.2) is 0 Å². The molecular formula is C15H13ClN2O4S3. The lowest BCUT2D eigenvalue weighted by molar-refractivity contribution is -0.143. The first-order valence-corrected chi connectivity index (χ1v) is 10.7. The maximum atomic E-state index is 12.5. The predicted molar refractivity (Wildman–Crippen MR) is 98.5 cm³/mol. The van der Waals surface area contributed by atoms with Crippen LogP contribution in [0.15, 0.2) is 44.3 Å². The van der Waals surface area contributed by atoms with Crippen LogP contribution in [0.1, 0.15) is 6.92 Å². The van der Waals surface area contributed by atoms with Gasteiger partial charge in [-0.15, -0.1) is 15.7 Å². The van der Waals surface area contributed by atoms with E-state index in [0.717, 1.165) is 27.4 Å². The number of hydrogen-bond donors (Lipinski definition) is 0. The lowest BCUT2D eigenvalue weighted by atomic mass is 10.3. The molecule has 2 heterocycles. The first kappa shape index (κ1) is 18.1. The molecule has 0 radical (unpaired) electrons. The minimum Gasteiger partial charge on any atom is -0.465 e. The standard InChI is InChI=1S/C15H13ClN2O4S3/c1-2-22-13(19)9-18-11-6-5-10(16)8-12(11)24-15(18)17-25(20,21)14-4-3-7-23-14/h3-8H,2,9H2,1H3. The van der Waals surface area contributed by atoms with Gasteiger partial charge in [-0.3, -0.25) is 4.79 Å². The number of sulfonamides is 1. The number of halogens is 1.